The van der Waals surface area contributed by atoms with Crippen LogP contribution >= 0.6 is 12.2 Å². The lowest BCUT2D eigenvalue weighted by Gasteiger charge is -2.29. The molecule has 0 aromatic rings. The molecule has 0 spiro atoms. The maximum absolute atomic E-state index is 9.04. The number of hydrogen-bond acceptors (Lipinski definition) is 2. The van der Waals surface area contributed by atoms with E-state index < -0.39 is 0 Å². The van der Waals surface area contributed by atoms with E-state index >= 15 is 0 Å². The lowest BCUT2D eigenvalue weighted by atomic mass is 9.95. The van der Waals surface area contributed by atoms with E-state index in [4.69, 9.17) is 17.5 Å². The molecule has 0 aliphatic carbocycles. The Morgan fingerprint density at radius 3 is 2.36 bits per heavy atom. The lowest BCUT2D eigenvalue weighted by molar-refractivity contribution is 0.264. The minimum Gasteiger partial charge on any atom is -0.347 e. The van der Waals surface area contributed by atoms with E-state index in [1.165, 1.54) is 0 Å². The predicted molar refractivity (Wildman–Crippen MR) is 61.9 cm³/mol. The number of hydrogen-bond donors (Lipinski definition) is 0. The van der Waals surface area contributed by atoms with Crippen LogP contribution in [0, 0.1) is 23.2 Å². The number of thiocarbonyl (C=S) groups is 1. The molecule has 1 rings (SSSR count). The highest BCUT2D eigenvalue weighted by atomic mass is 32.1. The van der Waals surface area contributed by atoms with Gasteiger partial charge in [0, 0.05) is 12.0 Å². The molecule has 0 N–H and O–H groups in total. The highest BCUT2D eigenvalue weighted by Crippen LogP contribution is 2.33. The van der Waals surface area contributed by atoms with Crippen LogP contribution in [0.5, 0.6) is 0 Å². The van der Waals surface area contributed by atoms with Crippen molar-refractivity contribution in [1.82, 2.24) is 4.90 Å². The third-order valence-electron chi connectivity index (χ3n) is 3.50. The van der Waals surface area contributed by atoms with Gasteiger partial charge in [-0.2, -0.15) is 5.26 Å². The summed E-state index contributed by atoms with van der Waals surface area (Å²) < 4.78 is 0. The van der Waals surface area contributed by atoms with Crippen molar-refractivity contribution in [2.24, 2.45) is 11.8 Å². The molecule has 2 nitrogen and oxygen atoms in total. The molecule has 1 fully saturated rings. The Balaban J connectivity index is 2.90. The van der Waals surface area contributed by atoms with Crippen LogP contribution in [0.1, 0.15) is 34.1 Å². The Kier molecular flexibility index (Phi) is 3.49. The second-order valence-electron chi connectivity index (χ2n) is 4.19. The fourth-order valence-corrected chi connectivity index (χ4v) is 2.63. The van der Waals surface area contributed by atoms with Crippen molar-refractivity contribution in [3.05, 3.63) is 0 Å². The van der Waals surface area contributed by atoms with Crippen molar-refractivity contribution in [2.75, 3.05) is 0 Å². The van der Waals surface area contributed by atoms with Crippen LogP contribution in [0.4, 0.5) is 0 Å². The maximum atomic E-state index is 9.04. The molecule has 1 saturated heterocycles. The predicted octanol–water partition coefficient (Wildman–Crippen LogP) is 2.59. The van der Waals surface area contributed by atoms with Gasteiger partial charge in [-0.1, -0.05) is 33.0 Å². The smallest absolute Gasteiger partial charge is 0.117 e. The van der Waals surface area contributed by atoms with Gasteiger partial charge in [-0.15, -0.1) is 0 Å². The summed E-state index contributed by atoms with van der Waals surface area (Å²) in [6.07, 6.45) is 0.848. The van der Waals surface area contributed by atoms with Gasteiger partial charge in [0.05, 0.1) is 11.1 Å². The second-order valence-corrected chi connectivity index (χ2v) is 4.61. The van der Waals surface area contributed by atoms with Gasteiger partial charge in [-0.25, -0.2) is 0 Å². The summed E-state index contributed by atoms with van der Waals surface area (Å²) in [5.74, 6) is 0.993. The summed E-state index contributed by atoms with van der Waals surface area (Å²) >= 11 is 5.40. The fourth-order valence-electron chi connectivity index (χ4n) is 2.12. The largest absolute Gasteiger partial charge is 0.347 e. The van der Waals surface area contributed by atoms with E-state index in [9.17, 15) is 0 Å². The molecule has 1 aliphatic heterocycles. The Labute approximate surface area is 91.9 Å². The summed E-state index contributed by atoms with van der Waals surface area (Å²) in [4.78, 5) is 3.10. The Hall–Kier alpha value is -0.620. The van der Waals surface area contributed by atoms with Gasteiger partial charge >= 0.3 is 0 Å². The van der Waals surface area contributed by atoms with Crippen LogP contribution in [0.3, 0.4) is 0 Å². The first-order valence-corrected chi connectivity index (χ1v) is 5.67. The first-order chi connectivity index (χ1) is 6.54. The monoisotopic (exact) mass is 210 g/mol. The first kappa shape index (κ1) is 11.5. The Morgan fingerprint density at radius 1 is 1.50 bits per heavy atom. The average Bonchev–Trinajstić information content (AvgIpc) is 2.37. The summed E-state index contributed by atoms with van der Waals surface area (Å²) in [7, 11) is 0. The van der Waals surface area contributed by atoms with Gasteiger partial charge in [0.25, 0.3) is 0 Å². The van der Waals surface area contributed by atoms with Crippen LogP contribution in [0.25, 0.3) is 0 Å². The van der Waals surface area contributed by atoms with E-state index in [-0.39, 0.29) is 6.04 Å². The minimum absolute atomic E-state index is 0.0371. The van der Waals surface area contributed by atoms with Crippen LogP contribution < -0.4 is 0 Å². The molecule has 0 radical (unpaired) electrons. The minimum atomic E-state index is -0.0371. The molecule has 0 amide bonds. The molecular formula is C11H18N2S. The maximum Gasteiger partial charge on any atom is 0.117 e. The third-order valence-corrected chi connectivity index (χ3v) is 4.09. The summed E-state index contributed by atoms with van der Waals surface area (Å²) in [6.45, 7) is 8.58. The molecule has 14 heavy (non-hydrogen) atoms. The molecule has 0 aromatic carbocycles. The molecule has 78 valence electrons. The standard InChI is InChI=1S/C11H18N2S/c1-5-10(6-12)13-9(4)7(2)8(3)11(13)14/h7-10H,5H2,1-4H3. The molecule has 1 aliphatic rings. The molecule has 0 saturated carbocycles. The van der Waals surface area contributed by atoms with Gasteiger partial charge < -0.3 is 4.90 Å². The van der Waals surface area contributed by atoms with Crippen molar-refractivity contribution < 1.29 is 0 Å². The molecule has 4 atom stereocenters. The molecule has 4 unspecified atom stereocenters. The van der Waals surface area contributed by atoms with Crippen LogP contribution in [-0.2, 0) is 0 Å². The van der Waals surface area contributed by atoms with E-state index in [0.717, 1.165) is 11.4 Å². The topological polar surface area (TPSA) is 27.0 Å². The molecule has 1 heterocycles. The van der Waals surface area contributed by atoms with Crippen molar-refractivity contribution in [1.29, 1.82) is 5.26 Å². The highest BCUT2D eigenvalue weighted by molar-refractivity contribution is 7.80. The summed E-state index contributed by atoms with van der Waals surface area (Å²) in [6, 6.07) is 2.70. The van der Waals surface area contributed by atoms with Gasteiger partial charge in [0.15, 0.2) is 0 Å². The van der Waals surface area contributed by atoms with E-state index in [0.29, 0.717) is 17.9 Å². The zero-order valence-electron chi connectivity index (χ0n) is 9.32. The normalized spacial score (nSPS) is 34.4. The highest BCUT2D eigenvalue weighted by Gasteiger charge is 2.40. The molecule has 0 aromatic heterocycles. The summed E-state index contributed by atoms with van der Waals surface area (Å²) in [5, 5.41) is 9.04. The van der Waals surface area contributed by atoms with Crippen molar-refractivity contribution >= 4 is 17.2 Å². The van der Waals surface area contributed by atoms with Gasteiger partial charge in [-0.3, -0.25) is 0 Å². The van der Waals surface area contributed by atoms with Crippen molar-refractivity contribution in [3.8, 4) is 6.07 Å². The Bertz CT molecular complexity index is 269. The average molecular weight is 210 g/mol. The third kappa shape index (κ3) is 1.64. The fraction of sp³-hybridized carbons (Fsp3) is 0.818. The van der Waals surface area contributed by atoms with Gasteiger partial charge in [0.2, 0.25) is 0 Å². The first-order valence-electron chi connectivity index (χ1n) is 5.26. The van der Waals surface area contributed by atoms with Crippen molar-refractivity contribution in [2.45, 2.75) is 46.2 Å². The van der Waals surface area contributed by atoms with Gasteiger partial charge in [-0.05, 0) is 19.3 Å². The zero-order chi connectivity index (χ0) is 10.9. The van der Waals surface area contributed by atoms with E-state index in [1.54, 1.807) is 0 Å². The van der Waals surface area contributed by atoms with Gasteiger partial charge in [0.1, 0.15) is 6.04 Å². The van der Waals surface area contributed by atoms with Crippen LogP contribution in [0.2, 0.25) is 0 Å². The van der Waals surface area contributed by atoms with E-state index in [2.05, 4.69) is 31.7 Å². The van der Waals surface area contributed by atoms with Crippen LogP contribution in [-0.4, -0.2) is 22.0 Å². The van der Waals surface area contributed by atoms with E-state index in [1.807, 2.05) is 6.92 Å². The number of rotatable bonds is 2. The number of nitriles is 1. The number of nitrogens with zero attached hydrogens (tertiary/aromatic N) is 2. The van der Waals surface area contributed by atoms with Crippen molar-refractivity contribution in [3.63, 3.8) is 0 Å². The molecular weight excluding hydrogens is 192 g/mol. The SMILES string of the molecule is CCC(C#N)N1C(=S)C(C)C(C)C1C. The quantitative estimate of drug-likeness (QED) is 0.656. The van der Waals surface area contributed by atoms with Crippen LogP contribution in [0.15, 0.2) is 0 Å². The lowest BCUT2D eigenvalue weighted by Crippen LogP contribution is -2.40. The molecule has 3 heteroatoms. The molecule has 0 bridgehead atoms. The zero-order valence-corrected chi connectivity index (χ0v) is 10.1. The second kappa shape index (κ2) is 4.27. The number of likely N-dealkylation sites (tertiary alicyclic amines) is 1. The summed E-state index contributed by atoms with van der Waals surface area (Å²) in [5.41, 5.74) is 0. The Morgan fingerprint density at radius 2 is 2.07 bits per heavy atom.